The summed E-state index contributed by atoms with van der Waals surface area (Å²) in [6.45, 7) is 2.64. The molecule has 16 heavy (non-hydrogen) atoms. The topological polar surface area (TPSA) is 12.0 Å². The Morgan fingerprint density at radius 1 is 1.38 bits per heavy atom. The average molecular weight is 256 g/mol. The third-order valence-corrected chi connectivity index (χ3v) is 3.69. The maximum atomic E-state index is 13.4. The van der Waals surface area contributed by atoms with E-state index in [1.54, 1.807) is 23.5 Å². The SMILES string of the molecule is Cc1ccsc1CNc1c(F)cccc1Cl. The highest BCUT2D eigenvalue weighted by molar-refractivity contribution is 7.10. The fourth-order valence-corrected chi connectivity index (χ4v) is 2.50. The molecule has 0 aliphatic heterocycles. The molecule has 0 unspecified atom stereocenters. The van der Waals surface area contributed by atoms with Crippen molar-refractivity contribution in [3.8, 4) is 0 Å². The van der Waals surface area contributed by atoms with Gasteiger partial charge in [-0.25, -0.2) is 4.39 Å². The molecular weight excluding hydrogens is 245 g/mol. The van der Waals surface area contributed by atoms with Gasteiger partial charge in [0.2, 0.25) is 0 Å². The highest BCUT2D eigenvalue weighted by Gasteiger charge is 2.07. The van der Waals surface area contributed by atoms with Gasteiger partial charge in [-0.2, -0.15) is 0 Å². The normalized spacial score (nSPS) is 10.4. The first-order valence-corrected chi connectivity index (χ1v) is 6.15. The van der Waals surface area contributed by atoms with E-state index in [9.17, 15) is 4.39 Å². The van der Waals surface area contributed by atoms with E-state index in [2.05, 4.69) is 5.32 Å². The van der Waals surface area contributed by atoms with E-state index in [1.807, 2.05) is 18.4 Å². The van der Waals surface area contributed by atoms with Crippen LogP contribution in [0.25, 0.3) is 0 Å². The summed E-state index contributed by atoms with van der Waals surface area (Å²) in [4.78, 5) is 1.19. The molecule has 0 spiro atoms. The van der Waals surface area contributed by atoms with Crippen molar-refractivity contribution in [1.29, 1.82) is 0 Å². The van der Waals surface area contributed by atoms with Gasteiger partial charge in [-0.1, -0.05) is 17.7 Å². The molecule has 0 fully saturated rings. The highest BCUT2D eigenvalue weighted by Crippen LogP contribution is 2.26. The van der Waals surface area contributed by atoms with Crippen LogP contribution in [0.1, 0.15) is 10.4 Å². The summed E-state index contributed by atoms with van der Waals surface area (Å²) in [5.74, 6) is -0.318. The van der Waals surface area contributed by atoms with Crippen molar-refractivity contribution in [3.05, 3.63) is 50.9 Å². The summed E-state index contributed by atoms with van der Waals surface area (Å²) in [7, 11) is 0. The summed E-state index contributed by atoms with van der Waals surface area (Å²) in [6, 6.07) is 6.72. The number of benzene rings is 1. The van der Waals surface area contributed by atoms with Crippen LogP contribution < -0.4 is 5.32 Å². The maximum absolute atomic E-state index is 13.4. The Kier molecular flexibility index (Phi) is 3.46. The summed E-state index contributed by atoms with van der Waals surface area (Å²) >= 11 is 7.56. The fraction of sp³-hybridized carbons (Fsp3) is 0.167. The minimum atomic E-state index is -0.318. The number of aryl methyl sites for hydroxylation is 1. The summed E-state index contributed by atoms with van der Waals surface area (Å²) in [5, 5.41) is 5.46. The number of rotatable bonds is 3. The van der Waals surface area contributed by atoms with Crippen molar-refractivity contribution >= 4 is 28.6 Å². The minimum absolute atomic E-state index is 0.318. The van der Waals surface area contributed by atoms with Gasteiger partial charge >= 0.3 is 0 Å². The fourth-order valence-electron chi connectivity index (χ4n) is 1.42. The predicted octanol–water partition coefficient (Wildman–Crippen LogP) is 4.46. The minimum Gasteiger partial charge on any atom is -0.377 e. The highest BCUT2D eigenvalue weighted by atomic mass is 35.5. The van der Waals surface area contributed by atoms with Crippen LogP contribution in [-0.4, -0.2) is 0 Å². The van der Waals surface area contributed by atoms with E-state index >= 15 is 0 Å². The Hall–Kier alpha value is -1.06. The van der Waals surface area contributed by atoms with Gasteiger partial charge in [0.05, 0.1) is 10.7 Å². The second-order valence-corrected chi connectivity index (χ2v) is 4.88. The van der Waals surface area contributed by atoms with Gasteiger partial charge in [0.1, 0.15) is 5.82 Å². The molecule has 1 nitrogen and oxygen atoms in total. The van der Waals surface area contributed by atoms with Gasteiger partial charge < -0.3 is 5.32 Å². The molecule has 4 heteroatoms. The molecule has 0 saturated heterocycles. The van der Waals surface area contributed by atoms with Crippen LogP contribution in [0, 0.1) is 12.7 Å². The zero-order chi connectivity index (χ0) is 11.5. The quantitative estimate of drug-likeness (QED) is 0.854. The van der Waals surface area contributed by atoms with Crippen LogP contribution in [0.15, 0.2) is 29.6 Å². The second kappa shape index (κ2) is 4.85. The molecule has 0 radical (unpaired) electrons. The Bertz CT molecular complexity index is 475. The zero-order valence-electron chi connectivity index (χ0n) is 8.76. The zero-order valence-corrected chi connectivity index (χ0v) is 10.3. The molecule has 0 aliphatic rings. The number of hydrogen-bond acceptors (Lipinski definition) is 2. The molecule has 0 saturated carbocycles. The van der Waals surface area contributed by atoms with E-state index in [0.29, 0.717) is 17.3 Å². The van der Waals surface area contributed by atoms with E-state index in [0.717, 1.165) is 0 Å². The van der Waals surface area contributed by atoms with Crippen LogP contribution in [0.4, 0.5) is 10.1 Å². The van der Waals surface area contributed by atoms with Gasteiger partial charge in [0, 0.05) is 11.4 Å². The molecule has 2 aromatic rings. The summed E-state index contributed by atoms with van der Waals surface area (Å²) in [6.07, 6.45) is 0. The van der Waals surface area contributed by atoms with Crippen molar-refractivity contribution < 1.29 is 4.39 Å². The molecule has 0 atom stereocenters. The van der Waals surface area contributed by atoms with Gasteiger partial charge in [0.15, 0.2) is 0 Å². The van der Waals surface area contributed by atoms with Gasteiger partial charge in [-0.3, -0.25) is 0 Å². The summed E-state index contributed by atoms with van der Waals surface area (Å²) in [5.41, 5.74) is 1.59. The first-order valence-electron chi connectivity index (χ1n) is 4.89. The van der Waals surface area contributed by atoms with E-state index < -0.39 is 0 Å². The first kappa shape index (κ1) is 11.4. The molecule has 84 valence electrons. The van der Waals surface area contributed by atoms with Crippen LogP contribution in [-0.2, 0) is 6.54 Å². The van der Waals surface area contributed by atoms with Crippen molar-refractivity contribution in [2.24, 2.45) is 0 Å². The van der Waals surface area contributed by atoms with Gasteiger partial charge in [-0.05, 0) is 36.1 Å². The van der Waals surface area contributed by atoms with Crippen LogP contribution >= 0.6 is 22.9 Å². The monoisotopic (exact) mass is 255 g/mol. The Balaban J connectivity index is 2.14. The predicted molar refractivity (Wildman–Crippen MR) is 67.8 cm³/mol. The second-order valence-electron chi connectivity index (χ2n) is 3.48. The van der Waals surface area contributed by atoms with Crippen LogP contribution in [0.5, 0.6) is 0 Å². The first-order chi connectivity index (χ1) is 7.68. The Labute approximate surface area is 103 Å². The lowest BCUT2D eigenvalue weighted by Gasteiger charge is -2.08. The number of nitrogens with one attached hydrogen (secondary N) is 1. The third kappa shape index (κ3) is 2.36. The van der Waals surface area contributed by atoms with E-state index in [-0.39, 0.29) is 5.82 Å². The van der Waals surface area contributed by atoms with Crippen molar-refractivity contribution in [2.75, 3.05) is 5.32 Å². The largest absolute Gasteiger partial charge is 0.377 e. The number of anilines is 1. The van der Waals surface area contributed by atoms with Crippen molar-refractivity contribution in [2.45, 2.75) is 13.5 Å². The molecule has 1 aromatic carbocycles. The lowest BCUT2D eigenvalue weighted by atomic mass is 10.2. The lowest BCUT2D eigenvalue weighted by Crippen LogP contribution is -2.01. The van der Waals surface area contributed by atoms with E-state index in [4.69, 9.17) is 11.6 Å². The third-order valence-electron chi connectivity index (χ3n) is 2.36. The smallest absolute Gasteiger partial charge is 0.147 e. The van der Waals surface area contributed by atoms with Gasteiger partial charge in [-0.15, -0.1) is 11.3 Å². The van der Waals surface area contributed by atoms with Gasteiger partial charge in [0.25, 0.3) is 0 Å². The Morgan fingerprint density at radius 3 is 2.81 bits per heavy atom. The van der Waals surface area contributed by atoms with Crippen molar-refractivity contribution in [3.63, 3.8) is 0 Å². The molecular formula is C12H11ClFNS. The number of hydrogen-bond donors (Lipinski definition) is 1. The van der Waals surface area contributed by atoms with E-state index in [1.165, 1.54) is 16.5 Å². The van der Waals surface area contributed by atoms with Crippen LogP contribution in [0.2, 0.25) is 5.02 Å². The van der Waals surface area contributed by atoms with Crippen molar-refractivity contribution in [1.82, 2.24) is 0 Å². The standard InChI is InChI=1S/C12H11ClFNS/c1-8-5-6-16-11(8)7-15-12-9(13)3-2-4-10(12)14/h2-6,15H,7H2,1H3. The average Bonchev–Trinajstić information content (AvgIpc) is 2.64. The maximum Gasteiger partial charge on any atom is 0.147 e. The molecule has 1 N–H and O–H groups in total. The number of para-hydroxylation sites is 1. The molecule has 0 bridgehead atoms. The molecule has 2 rings (SSSR count). The number of halogens is 2. The number of thiophene rings is 1. The Morgan fingerprint density at radius 2 is 2.19 bits per heavy atom. The molecule has 0 aliphatic carbocycles. The molecule has 0 amide bonds. The van der Waals surface area contributed by atoms with Crippen LogP contribution in [0.3, 0.4) is 0 Å². The molecule has 1 aromatic heterocycles. The molecule has 1 heterocycles. The lowest BCUT2D eigenvalue weighted by molar-refractivity contribution is 0.630. The summed E-state index contributed by atoms with van der Waals surface area (Å²) < 4.78 is 13.4.